The number of piperidine rings is 2. The standard InChI is InChI=1S/C12H22N2O2/c1-12(16)4-7-14(8-5-12)11(15)10-3-2-6-13-9-10/h10,13,16H,2-9H2,1H3. The van der Waals surface area contributed by atoms with Gasteiger partial charge in [-0.2, -0.15) is 0 Å². The highest BCUT2D eigenvalue weighted by molar-refractivity contribution is 5.79. The predicted octanol–water partition coefficient (Wildman–Crippen LogP) is 0.359. The van der Waals surface area contributed by atoms with E-state index in [2.05, 4.69) is 5.32 Å². The normalized spacial score (nSPS) is 30.1. The molecular formula is C12H22N2O2. The van der Waals surface area contributed by atoms with Crippen LogP contribution in [0.25, 0.3) is 0 Å². The van der Waals surface area contributed by atoms with Gasteiger partial charge in [-0.05, 0) is 39.2 Å². The fourth-order valence-corrected chi connectivity index (χ4v) is 2.53. The number of nitrogens with one attached hydrogen (secondary N) is 1. The Labute approximate surface area is 97.0 Å². The number of likely N-dealkylation sites (tertiary alicyclic amines) is 1. The zero-order valence-corrected chi connectivity index (χ0v) is 10.0. The van der Waals surface area contributed by atoms with Gasteiger partial charge in [0.05, 0.1) is 11.5 Å². The summed E-state index contributed by atoms with van der Waals surface area (Å²) in [5.74, 6) is 0.444. The number of aliphatic hydroxyl groups is 1. The molecule has 2 N–H and O–H groups in total. The Bertz CT molecular complexity index is 250. The zero-order valence-electron chi connectivity index (χ0n) is 10.0. The molecule has 0 spiro atoms. The number of hydrogen-bond acceptors (Lipinski definition) is 3. The van der Waals surface area contributed by atoms with E-state index in [1.165, 1.54) is 0 Å². The minimum atomic E-state index is -0.568. The second kappa shape index (κ2) is 4.72. The second-order valence-corrected chi connectivity index (χ2v) is 5.37. The van der Waals surface area contributed by atoms with Crippen LogP contribution in [-0.4, -0.2) is 47.7 Å². The van der Waals surface area contributed by atoms with E-state index in [0.29, 0.717) is 25.9 Å². The van der Waals surface area contributed by atoms with Crippen LogP contribution in [0.4, 0.5) is 0 Å². The van der Waals surface area contributed by atoms with Crippen LogP contribution in [0.2, 0.25) is 0 Å². The fourth-order valence-electron chi connectivity index (χ4n) is 2.53. The van der Waals surface area contributed by atoms with Crippen molar-refractivity contribution in [1.82, 2.24) is 10.2 Å². The van der Waals surface area contributed by atoms with Gasteiger partial charge in [-0.1, -0.05) is 0 Å². The van der Waals surface area contributed by atoms with E-state index in [1.807, 2.05) is 11.8 Å². The summed E-state index contributed by atoms with van der Waals surface area (Å²) >= 11 is 0. The number of carbonyl (C=O) groups is 1. The first-order valence-electron chi connectivity index (χ1n) is 6.30. The average Bonchev–Trinajstić information content (AvgIpc) is 2.29. The highest BCUT2D eigenvalue weighted by Crippen LogP contribution is 2.23. The molecule has 16 heavy (non-hydrogen) atoms. The van der Waals surface area contributed by atoms with Gasteiger partial charge in [0.2, 0.25) is 5.91 Å². The number of rotatable bonds is 1. The Hall–Kier alpha value is -0.610. The molecule has 1 unspecified atom stereocenters. The minimum absolute atomic E-state index is 0.164. The smallest absolute Gasteiger partial charge is 0.226 e. The molecule has 2 aliphatic rings. The summed E-state index contributed by atoms with van der Waals surface area (Å²) < 4.78 is 0. The third-order valence-electron chi connectivity index (χ3n) is 3.80. The summed E-state index contributed by atoms with van der Waals surface area (Å²) in [5.41, 5.74) is -0.568. The maximum atomic E-state index is 12.2. The van der Waals surface area contributed by atoms with E-state index in [9.17, 15) is 9.90 Å². The van der Waals surface area contributed by atoms with Gasteiger partial charge in [0.25, 0.3) is 0 Å². The molecule has 0 radical (unpaired) electrons. The first-order valence-corrected chi connectivity index (χ1v) is 6.30. The minimum Gasteiger partial charge on any atom is -0.390 e. The lowest BCUT2D eigenvalue weighted by Gasteiger charge is -2.38. The van der Waals surface area contributed by atoms with Gasteiger partial charge in [-0.3, -0.25) is 4.79 Å². The van der Waals surface area contributed by atoms with Crippen molar-refractivity contribution in [1.29, 1.82) is 0 Å². The highest BCUT2D eigenvalue weighted by atomic mass is 16.3. The monoisotopic (exact) mass is 226 g/mol. The molecule has 1 atom stereocenters. The van der Waals surface area contributed by atoms with Gasteiger partial charge in [-0.15, -0.1) is 0 Å². The maximum Gasteiger partial charge on any atom is 0.226 e. The summed E-state index contributed by atoms with van der Waals surface area (Å²) in [4.78, 5) is 14.1. The summed E-state index contributed by atoms with van der Waals surface area (Å²) in [6, 6.07) is 0. The molecular weight excluding hydrogens is 204 g/mol. The topological polar surface area (TPSA) is 52.6 Å². The largest absolute Gasteiger partial charge is 0.390 e. The third-order valence-corrected chi connectivity index (χ3v) is 3.80. The molecule has 0 aromatic rings. The van der Waals surface area contributed by atoms with Crippen molar-refractivity contribution >= 4 is 5.91 Å². The molecule has 1 amide bonds. The van der Waals surface area contributed by atoms with Gasteiger partial charge in [0, 0.05) is 19.6 Å². The maximum absolute atomic E-state index is 12.2. The molecule has 92 valence electrons. The van der Waals surface area contributed by atoms with E-state index in [1.54, 1.807) is 0 Å². The van der Waals surface area contributed by atoms with Crippen molar-refractivity contribution in [2.24, 2.45) is 5.92 Å². The van der Waals surface area contributed by atoms with Crippen LogP contribution in [-0.2, 0) is 4.79 Å². The summed E-state index contributed by atoms with van der Waals surface area (Å²) in [7, 11) is 0. The molecule has 2 saturated heterocycles. The van der Waals surface area contributed by atoms with Crippen LogP contribution in [0, 0.1) is 5.92 Å². The van der Waals surface area contributed by atoms with E-state index in [0.717, 1.165) is 25.9 Å². The lowest BCUT2D eigenvalue weighted by molar-refractivity contribution is -0.139. The van der Waals surface area contributed by atoms with Crippen molar-refractivity contribution in [2.45, 2.75) is 38.2 Å². The SMILES string of the molecule is CC1(O)CCN(C(=O)C2CCCNC2)CC1. The molecule has 2 rings (SSSR count). The number of nitrogens with zero attached hydrogens (tertiary/aromatic N) is 1. The Balaban J connectivity index is 1.86. The molecule has 2 aliphatic heterocycles. The molecule has 0 aromatic heterocycles. The van der Waals surface area contributed by atoms with E-state index >= 15 is 0 Å². The van der Waals surface area contributed by atoms with Crippen LogP contribution in [0.5, 0.6) is 0 Å². The number of hydrogen-bond donors (Lipinski definition) is 2. The fraction of sp³-hybridized carbons (Fsp3) is 0.917. The van der Waals surface area contributed by atoms with E-state index in [4.69, 9.17) is 0 Å². The quantitative estimate of drug-likeness (QED) is 0.679. The lowest BCUT2D eigenvalue weighted by Crippen LogP contribution is -2.49. The molecule has 0 aromatic carbocycles. The zero-order chi connectivity index (χ0) is 11.6. The summed E-state index contributed by atoms with van der Waals surface area (Å²) in [6.45, 7) is 5.14. The van der Waals surface area contributed by atoms with Gasteiger partial charge in [0.15, 0.2) is 0 Å². The van der Waals surface area contributed by atoms with Crippen LogP contribution >= 0.6 is 0 Å². The Morgan fingerprint density at radius 1 is 1.44 bits per heavy atom. The Morgan fingerprint density at radius 3 is 2.69 bits per heavy atom. The predicted molar refractivity (Wildman–Crippen MR) is 62.0 cm³/mol. The number of carbonyl (C=O) groups excluding carboxylic acids is 1. The van der Waals surface area contributed by atoms with Crippen molar-refractivity contribution in [3.05, 3.63) is 0 Å². The molecule has 0 aliphatic carbocycles. The molecule has 2 heterocycles. The van der Waals surface area contributed by atoms with Gasteiger partial charge in [-0.25, -0.2) is 0 Å². The van der Waals surface area contributed by atoms with Crippen molar-refractivity contribution in [3.8, 4) is 0 Å². The van der Waals surface area contributed by atoms with Crippen LogP contribution in [0.3, 0.4) is 0 Å². The first-order chi connectivity index (χ1) is 7.58. The van der Waals surface area contributed by atoms with Crippen LogP contribution < -0.4 is 5.32 Å². The van der Waals surface area contributed by atoms with E-state index < -0.39 is 5.60 Å². The van der Waals surface area contributed by atoms with Gasteiger partial charge < -0.3 is 15.3 Å². The Morgan fingerprint density at radius 2 is 2.12 bits per heavy atom. The molecule has 0 saturated carbocycles. The van der Waals surface area contributed by atoms with Gasteiger partial charge >= 0.3 is 0 Å². The third kappa shape index (κ3) is 2.74. The van der Waals surface area contributed by atoms with E-state index in [-0.39, 0.29) is 11.8 Å². The molecule has 0 bridgehead atoms. The summed E-state index contributed by atoms with van der Waals surface area (Å²) in [5, 5.41) is 13.1. The average molecular weight is 226 g/mol. The van der Waals surface area contributed by atoms with Crippen molar-refractivity contribution in [3.63, 3.8) is 0 Å². The number of amides is 1. The second-order valence-electron chi connectivity index (χ2n) is 5.37. The highest BCUT2D eigenvalue weighted by Gasteiger charge is 2.32. The molecule has 2 fully saturated rings. The Kier molecular flexibility index (Phi) is 3.50. The first kappa shape index (κ1) is 11.9. The molecule has 4 nitrogen and oxygen atoms in total. The van der Waals surface area contributed by atoms with Crippen molar-refractivity contribution in [2.75, 3.05) is 26.2 Å². The van der Waals surface area contributed by atoms with Crippen molar-refractivity contribution < 1.29 is 9.90 Å². The van der Waals surface area contributed by atoms with Crippen LogP contribution in [0.15, 0.2) is 0 Å². The molecule has 4 heteroatoms. The van der Waals surface area contributed by atoms with Gasteiger partial charge in [0.1, 0.15) is 0 Å². The van der Waals surface area contributed by atoms with Crippen LogP contribution in [0.1, 0.15) is 32.6 Å². The summed E-state index contributed by atoms with van der Waals surface area (Å²) in [6.07, 6.45) is 3.53. The lowest BCUT2D eigenvalue weighted by atomic mass is 9.91.